The van der Waals surface area contributed by atoms with Crippen LogP contribution in [0.5, 0.6) is 0 Å². The minimum atomic E-state index is -0.755. The van der Waals surface area contributed by atoms with Gasteiger partial charge in [0.15, 0.2) is 0 Å². The van der Waals surface area contributed by atoms with E-state index >= 15 is 0 Å². The lowest BCUT2D eigenvalue weighted by Crippen LogP contribution is -2.44. The summed E-state index contributed by atoms with van der Waals surface area (Å²) in [7, 11) is 0. The van der Waals surface area contributed by atoms with Crippen molar-refractivity contribution in [2.24, 2.45) is 0 Å². The number of carbonyl (C=O) groups is 1. The fourth-order valence-corrected chi connectivity index (χ4v) is 1.94. The van der Waals surface area contributed by atoms with Gasteiger partial charge in [-0.05, 0) is 27.2 Å². The molecule has 0 spiro atoms. The molecule has 1 amide bonds. The van der Waals surface area contributed by atoms with Crippen molar-refractivity contribution in [3.05, 3.63) is 27.9 Å². The molecule has 118 valence electrons. The van der Waals surface area contributed by atoms with Gasteiger partial charge < -0.3 is 15.0 Å². The second-order valence-corrected chi connectivity index (χ2v) is 5.67. The molecular formula is C15H25N3O3. The predicted molar refractivity (Wildman–Crippen MR) is 81.1 cm³/mol. The zero-order valence-corrected chi connectivity index (χ0v) is 13.3. The van der Waals surface area contributed by atoms with Crippen molar-refractivity contribution in [1.29, 1.82) is 0 Å². The van der Waals surface area contributed by atoms with Gasteiger partial charge in [-0.3, -0.25) is 9.59 Å². The summed E-state index contributed by atoms with van der Waals surface area (Å²) >= 11 is 0. The highest BCUT2D eigenvalue weighted by molar-refractivity contribution is 5.78. The Hall–Kier alpha value is -1.69. The lowest BCUT2D eigenvalue weighted by atomic mass is 10.0. The first-order valence-electron chi connectivity index (χ1n) is 7.32. The van der Waals surface area contributed by atoms with E-state index in [2.05, 4.69) is 22.2 Å². The maximum atomic E-state index is 11.9. The van der Waals surface area contributed by atoms with Crippen LogP contribution in [0.1, 0.15) is 51.6 Å². The summed E-state index contributed by atoms with van der Waals surface area (Å²) < 4.78 is 5.32. The van der Waals surface area contributed by atoms with Gasteiger partial charge in [-0.2, -0.15) is 0 Å². The van der Waals surface area contributed by atoms with E-state index in [-0.39, 0.29) is 18.1 Å². The molecular weight excluding hydrogens is 270 g/mol. The highest BCUT2D eigenvalue weighted by Gasteiger charge is 2.25. The number of rotatable bonds is 8. The first-order chi connectivity index (χ1) is 9.85. The number of nitrogens with zero attached hydrogens (tertiary/aromatic N) is 1. The maximum absolute atomic E-state index is 11.9. The number of unbranched alkanes of at least 4 members (excludes halogenated alkanes) is 2. The Kier molecular flexibility index (Phi) is 6.55. The molecule has 0 aliphatic rings. The van der Waals surface area contributed by atoms with Gasteiger partial charge >= 0.3 is 0 Å². The highest BCUT2D eigenvalue weighted by Crippen LogP contribution is 2.14. The monoisotopic (exact) mass is 295 g/mol. The fourth-order valence-electron chi connectivity index (χ4n) is 1.94. The third-order valence-electron chi connectivity index (χ3n) is 3.04. The first kappa shape index (κ1) is 17.4. The normalized spacial score (nSPS) is 11.4. The van der Waals surface area contributed by atoms with Crippen LogP contribution >= 0.6 is 0 Å². The quantitative estimate of drug-likeness (QED) is 0.714. The third kappa shape index (κ3) is 6.08. The van der Waals surface area contributed by atoms with Crippen molar-refractivity contribution >= 4 is 5.91 Å². The maximum Gasteiger partial charge on any atom is 0.251 e. The minimum absolute atomic E-state index is 0.0171. The molecule has 0 radical (unpaired) electrons. The number of hydrogen-bond acceptors (Lipinski definition) is 4. The number of nitrogens with one attached hydrogen (secondary N) is 2. The highest BCUT2D eigenvalue weighted by atomic mass is 16.5. The average Bonchev–Trinajstić information content (AvgIpc) is 2.36. The Morgan fingerprint density at radius 2 is 2.14 bits per heavy atom. The Labute approximate surface area is 125 Å². The lowest BCUT2D eigenvalue weighted by Gasteiger charge is -2.25. The molecule has 0 saturated heterocycles. The molecule has 1 aromatic rings. The van der Waals surface area contributed by atoms with Gasteiger partial charge in [0.1, 0.15) is 12.4 Å². The zero-order valence-electron chi connectivity index (χ0n) is 13.3. The lowest BCUT2D eigenvalue weighted by molar-refractivity contribution is -0.127. The standard InChI is InChI=1S/C15H25N3O3/c1-5-6-7-8-21-10-13(20)18-15(3,4)14-16-11(2)9-12(19)17-14/h9H,5-8,10H2,1-4H3,(H,18,20)(H,16,17,19). The summed E-state index contributed by atoms with van der Waals surface area (Å²) in [4.78, 5) is 30.3. The van der Waals surface area contributed by atoms with Gasteiger partial charge in [0.25, 0.3) is 5.56 Å². The molecule has 6 nitrogen and oxygen atoms in total. The van der Waals surface area contributed by atoms with E-state index in [0.29, 0.717) is 18.1 Å². The number of ether oxygens (including phenoxy) is 1. The Bertz CT molecular complexity index is 523. The minimum Gasteiger partial charge on any atom is -0.372 e. The Morgan fingerprint density at radius 3 is 2.76 bits per heavy atom. The van der Waals surface area contributed by atoms with E-state index in [1.165, 1.54) is 6.07 Å². The number of amides is 1. The predicted octanol–water partition coefficient (Wildman–Crippen LogP) is 1.64. The van der Waals surface area contributed by atoms with Crippen molar-refractivity contribution < 1.29 is 9.53 Å². The molecule has 0 atom stereocenters. The number of H-pyrrole nitrogens is 1. The van der Waals surface area contributed by atoms with Crippen LogP contribution in [0, 0.1) is 6.92 Å². The van der Waals surface area contributed by atoms with Gasteiger partial charge in [-0.15, -0.1) is 0 Å². The third-order valence-corrected chi connectivity index (χ3v) is 3.04. The molecule has 1 aromatic heterocycles. The van der Waals surface area contributed by atoms with Crippen molar-refractivity contribution in [3.63, 3.8) is 0 Å². The number of hydrogen-bond donors (Lipinski definition) is 2. The van der Waals surface area contributed by atoms with E-state index in [4.69, 9.17) is 4.74 Å². The number of carbonyl (C=O) groups excluding carboxylic acids is 1. The molecule has 0 bridgehead atoms. The zero-order chi connectivity index (χ0) is 15.9. The van der Waals surface area contributed by atoms with E-state index in [0.717, 1.165) is 19.3 Å². The van der Waals surface area contributed by atoms with Crippen molar-refractivity contribution in [2.45, 2.75) is 52.5 Å². The largest absolute Gasteiger partial charge is 0.372 e. The van der Waals surface area contributed by atoms with E-state index < -0.39 is 5.54 Å². The van der Waals surface area contributed by atoms with Crippen LogP contribution in [0.25, 0.3) is 0 Å². The smallest absolute Gasteiger partial charge is 0.251 e. The van der Waals surface area contributed by atoms with E-state index in [1.807, 2.05) is 0 Å². The van der Waals surface area contributed by atoms with Gasteiger partial charge in [-0.1, -0.05) is 19.8 Å². The molecule has 0 aliphatic heterocycles. The van der Waals surface area contributed by atoms with Crippen LogP contribution in [0.3, 0.4) is 0 Å². The van der Waals surface area contributed by atoms with Crippen molar-refractivity contribution in [2.75, 3.05) is 13.2 Å². The summed E-state index contributed by atoms with van der Waals surface area (Å²) in [6, 6.07) is 1.41. The van der Waals surface area contributed by atoms with Crippen LogP contribution in [0.2, 0.25) is 0 Å². The number of aryl methyl sites for hydroxylation is 1. The number of aromatic amines is 1. The van der Waals surface area contributed by atoms with Gasteiger partial charge in [0.2, 0.25) is 5.91 Å². The molecule has 0 saturated carbocycles. The molecule has 0 fully saturated rings. The van der Waals surface area contributed by atoms with Gasteiger partial charge in [-0.25, -0.2) is 4.98 Å². The van der Waals surface area contributed by atoms with Crippen LogP contribution in [-0.4, -0.2) is 29.1 Å². The summed E-state index contributed by atoms with van der Waals surface area (Å²) in [6.07, 6.45) is 3.18. The summed E-state index contributed by atoms with van der Waals surface area (Å²) in [5.41, 5.74) is -0.364. The Morgan fingerprint density at radius 1 is 1.43 bits per heavy atom. The van der Waals surface area contributed by atoms with Crippen LogP contribution in [0.4, 0.5) is 0 Å². The topological polar surface area (TPSA) is 84.1 Å². The van der Waals surface area contributed by atoms with Crippen molar-refractivity contribution in [3.8, 4) is 0 Å². The first-order valence-corrected chi connectivity index (χ1v) is 7.32. The van der Waals surface area contributed by atoms with E-state index in [1.54, 1.807) is 20.8 Å². The van der Waals surface area contributed by atoms with Crippen LogP contribution in [-0.2, 0) is 15.1 Å². The molecule has 1 rings (SSSR count). The summed E-state index contributed by atoms with van der Waals surface area (Å²) in [5.74, 6) is 0.215. The fraction of sp³-hybridized carbons (Fsp3) is 0.667. The number of aromatic nitrogens is 2. The molecule has 0 aliphatic carbocycles. The SMILES string of the molecule is CCCCCOCC(=O)NC(C)(C)c1nc(C)cc(=O)[nH]1. The summed E-state index contributed by atoms with van der Waals surface area (Å²) in [6.45, 7) is 8.04. The molecule has 0 aromatic carbocycles. The Balaban J connectivity index is 2.55. The summed E-state index contributed by atoms with van der Waals surface area (Å²) in [5, 5.41) is 2.82. The molecule has 2 N–H and O–H groups in total. The molecule has 1 heterocycles. The van der Waals surface area contributed by atoms with E-state index in [9.17, 15) is 9.59 Å². The molecule has 0 unspecified atom stereocenters. The second-order valence-electron chi connectivity index (χ2n) is 5.67. The van der Waals surface area contributed by atoms with Crippen molar-refractivity contribution in [1.82, 2.24) is 15.3 Å². The second kappa shape index (κ2) is 7.93. The molecule has 6 heteroatoms. The molecule has 21 heavy (non-hydrogen) atoms. The van der Waals surface area contributed by atoms with Gasteiger partial charge in [0.05, 0.1) is 5.54 Å². The van der Waals surface area contributed by atoms with Crippen LogP contribution < -0.4 is 10.9 Å². The van der Waals surface area contributed by atoms with Gasteiger partial charge in [0, 0.05) is 18.4 Å². The van der Waals surface area contributed by atoms with Crippen LogP contribution in [0.15, 0.2) is 10.9 Å². The average molecular weight is 295 g/mol.